The first-order valence-electron chi connectivity index (χ1n) is 7.10. The lowest BCUT2D eigenvalue weighted by molar-refractivity contribution is -0.0512. The number of rotatable bonds is 7. The molecule has 0 fully saturated rings. The van der Waals surface area contributed by atoms with Gasteiger partial charge in [-0.25, -0.2) is 4.79 Å². The molecule has 25 heavy (non-hydrogen) atoms. The van der Waals surface area contributed by atoms with E-state index < -0.39 is 18.4 Å². The van der Waals surface area contributed by atoms with Gasteiger partial charge in [-0.3, -0.25) is 4.79 Å². The molecule has 0 spiro atoms. The number of benzene rings is 2. The Balaban J connectivity index is 2.27. The van der Waals surface area contributed by atoms with Crippen molar-refractivity contribution in [2.75, 3.05) is 7.11 Å². The molecule has 0 heterocycles. The summed E-state index contributed by atoms with van der Waals surface area (Å²) in [7, 11) is 1.32. The van der Waals surface area contributed by atoms with Crippen LogP contribution in [0.3, 0.4) is 0 Å². The average Bonchev–Trinajstić information content (AvgIpc) is 2.59. The van der Waals surface area contributed by atoms with Gasteiger partial charge in [0.05, 0.1) is 12.7 Å². The number of ether oxygens (including phenoxy) is 2. The van der Waals surface area contributed by atoms with E-state index in [1.807, 2.05) is 0 Å². The quantitative estimate of drug-likeness (QED) is 0.607. The number of carboxylic acids is 1. The fourth-order valence-corrected chi connectivity index (χ4v) is 2.13. The molecule has 0 bridgehead atoms. The number of carbonyl (C=O) groups is 2. The van der Waals surface area contributed by atoms with Gasteiger partial charge in [-0.1, -0.05) is 30.3 Å². The smallest absolute Gasteiger partial charge is 0.387 e. The van der Waals surface area contributed by atoms with Gasteiger partial charge in [0.1, 0.15) is 0 Å². The second-order valence-corrected chi connectivity index (χ2v) is 4.84. The summed E-state index contributed by atoms with van der Waals surface area (Å²) >= 11 is 0. The summed E-state index contributed by atoms with van der Waals surface area (Å²) in [4.78, 5) is 23.3. The summed E-state index contributed by atoms with van der Waals surface area (Å²) in [6.45, 7) is -3.02. The van der Waals surface area contributed by atoms with Crippen LogP contribution >= 0.6 is 0 Å². The third-order valence-electron chi connectivity index (χ3n) is 3.25. The molecule has 0 saturated heterocycles. The van der Waals surface area contributed by atoms with Gasteiger partial charge in [0.15, 0.2) is 17.3 Å². The first-order valence-corrected chi connectivity index (χ1v) is 7.10. The van der Waals surface area contributed by atoms with Crippen molar-refractivity contribution in [3.8, 4) is 11.5 Å². The molecular weight excluding hydrogens is 334 g/mol. The molecule has 0 aliphatic heterocycles. The molecule has 2 rings (SSSR count). The Morgan fingerprint density at radius 2 is 1.76 bits per heavy atom. The summed E-state index contributed by atoms with van der Waals surface area (Å²) in [5, 5.41) is 9.10. The van der Waals surface area contributed by atoms with Crippen LogP contribution in [-0.4, -0.2) is 30.6 Å². The van der Waals surface area contributed by atoms with Crippen molar-refractivity contribution in [2.45, 2.75) is 6.61 Å². The van der Waals surface area contributed by atoms with Crippen LogP contribution in [0.2, 0.25) is 0 Å². The molecule has 0 aliphatic rings. The van der Waals surface area contributed by atoms with Crippen LogP contribution in [0, 0.1) is 0 Å². The first kappa shape index (κ1) is 18.1. The zero-order chi connectivity index (χ0) is 18.4. The van der Waals surface area contributed by atoms with Crippen LogP contribution in [0.25, 0.3) is 6.08 Å². The summed E-state index contributed by atoms with van der Waals surface area (Å²) in [5.41, 5.74) is 0.329. The van der Waals surface area contributed by atoms with Gasteiger partial charge in [-0.05, 0) is 29.8 Å². The first-order chi connectivity index (χ1) is 11.9. The maximum Gasteiger partial charge on any atom is 0.387 e. The molecule has 0 amide bonds. The molecule has 0 unspecified atom stereocenters. The van der Waals surface area contributed by atoms with Crippen molar-refractivity contribution in [1.29, 1.82) is 0 Å². The van der Waals surface area contributed by atoms with Crippen molar-refractivity contribution in [1.82, 2.24) is 0 Å². The number of hydrogen-bond donors (Lipinski definition) is 1. The molecule has 1 N–H and O–H groups in total. The molecule has 0 atom stereocenters. The van der Waals surface area contributed by atoms with E-state index >= 15 is 0 Å². The fraction of sp³-hybridized carbons (Fsp3) is 0.111. The van der Waals surface area contributed by atoms with E-state index in [9.17, 15) is 18.4 Å². The van der Waals surface area contributed by atoms with Crippen LogP contribution in [0.4, 0.5) is 8.78 Å². The number of carbonyl (C=O) groups excluding carboxylic acids is 1. The van der Waals surface area contributed by atoms with E-state index in [0.29, 0.717) is 5.56 Å². The Morgan fingerprint density at radius 1 is 1.08 bits per heavy atom. The maximum absolute atomic E-state index is 12.4. The van der Waals surface area contributed by atoms with Crippen LogP contribution < -0.4 is 9.47 Å². The Hall–Kier alpha value is -3.22. The van der Waals surface area contributed by atoms with Gasteiger partial charge < -0.3 is 14.6 Å². The Morgan fingerprint density at radius 3 is 2.36 bits per heavy atom. The number of methoxy groups -OCH3 is 1. The molecule has 0 radical (unpaired) electrons. The molecule has 130 valence electrons. The number of aromatic carboxylic acids is 1. The maximum atomic E-state index is 12.4. The largest absolute Gasteiger partial charge is 0.493 e. The fourth-order valence-electron chi connectivity index (χ4n) is 2.13. The second kappa shape index (κ2) is 8.05. The van der Waals surface area contributed by atoms with Crippen molar-refractivity contribution in [3.63, 3.8) is 0 Å². The van der Waals surface area contributed by atoms with Gasteiger partial charge in [-0.2, -0.15) is 8.78 Å². The number of ketones is 1. The minimum Gasteiger partial charge on any atom is -0.493 e. The number of carboxylic acid groups (broad SMARTS) is 1. The molecule has 0 saturated carbocycles. The van der Waals surface area contributed by atoms with Crippen LogP contribution in [0.1, 0.15) is 26.3 Å². The molecule has 2 aromatic rings. The summed E-state index contributed by atoms with van der Waals surface area (Å²) < 4.78 is 34.1. The lowest BCUT2D eigenvalue weighted by atomic mass is 10.0. The van der Waals surface area contributed by atoms with Gasteiger partial charge in [0, 0.05) is 5.56 Å². The van der Waals surface area contributed by atoms with Gasteiger partial charge in [-0.15, -0.1) is 0 Å². The zero-order valence-electron chi connectivity index (χ0n) is 13.1. The Kier molecular flexibility index (Phi) is 5.84. The highest BCUT2D eigenvalue weighted by Gasteiger charge is 2.14. The van der Waals surface area contributed by atoms with Crippen LogP contribution in [-0.2, 0) is 0 Å². The van der Waals surface area contributed by atoms with Gasteiger partial charge in [0.2, 0.25) is 0 Å². The Bertz CT molecular complexity index is 815. The minimum absolute atomic E-state index is 0.0313. The van der Waals surface area contributed by atoms with E-state index in [0.717, 1.165) is 6.08 Å². The molecular formula is C18H14F2O5. The Labute approximate surface area is 142 Å². The van der Waals surface area contributed by atoms with E-state index in [-0.39, 0.29) is 22.6 Å². The second-order valence-electron chi connectivity index (χ2n) is 4.84. The average molecular weight is 348 g/mol. The third kappa shape index (κ3) is 4.63. The highest BCUT2D eigenvalue weighted by molar-refractivity contribution is 6.12. The predicted molar refractivity (Wildman–Crippen MR) is 86.4 cm³/mol. The highest BCUT2D eigenvalue weighted by Crippen LogP contribution is 2.30. The van der Waals surface area contributed by atoms with E-state index in [2.05, 4.69) is 4.74 Å². The molecule has 2 aromatic carbocycles. The summed E-state index contributed by atoms with van der Waals surface area (Å²) in [6, 6.07) is 10.0. The van der Waals surface area contributed by atoms with Crippen LogP contribution in [0.15, 0.2) is 48.5 Å². The topological polar surface area (TPSA) is 72.8 Å². The summed E-state index contributed by atoms with van der Waals surface area (Å²) in [5.74, 6) is -1.78. The normalized spacial score (nSPS) is 10.9. The number of alkyl halides is 2. The van der Waals surface area contributed by atoms with Gasteiger partial charge in [0.25, 0.3) is 0 Å². The zero-order valence-corrected chi connectivity index (χ0v) is 13.1. The predicted octanol–water partition coefficient (Wildman–Crippen LogP) is 3.89. The van der Waals surface area contributed by atoms with Crippen molar-refractivity contribution in [2.24, 2.45) is 0 Å². The molecule has 5 nitrogen and oxygen atoms in total. The van der Waals surface area contributed by atoms with Crippen molar-refractivity contribution >= 4 is 17.8 Å². The van der Waals surface area contributed by atoms with Crippen molar-refractivity contribution in [3.05, 3.63) is 65.2 Å². The molecule has 7 heteroatoms. The van der Waals surface area contributed by atoms with E-state index in [1.54, 1.807) is 12.1 Å². The van der Waals surface area contributed by atoms with Crippen LogP contribution in [0.5, 0.6) is 11.5 Å². The number of halogens is 2. The SMILES string of the molecule is COc1ccc(/C=C/C(=O)c2ccccc2C(=O)O)cc1OC(F)F. The highest BCUT2D eigenvalue weighted by atomic mass is 19.3. The van der Waals surface area contributed by atoms with Gasteiger partial charge >= 0.3 is 12.6 Å². The molecule has 0 aromatic heterocycles. The standard InChI is InChI=1S/C18H14F2O5/c1-24-15-9-7-11(10-16(15)25-18(19)20)6-8-14(21)12-4-2-3-5-13(12)17(22)23/h2-10,18H,1H3,(H,22,23)/b8-6+. The van der Waals surface area contributed by atoms with E-state index in [4.69, 9.17) is 9.84 Å². The number of hydrogen-bond acceptors (Lipinski definition) is 4. The lowest BCUT2D eigenvalue weighted by Gasteiger charge is -2.10. The summed E-state index contributed by atoms with van der Waals surface area (Å²) in [6.07, 6.45) is 2.54. The minimum atomic E-state index is -3.02. The van der Waals surface area contributed by atoms with Crippen molar-refractivity contribution < 1.29 is 33.0 Å². The lowest BCUT2D eigenvalue weighted by Crippen LogP contribution is -2.06. The number of allylic oxidation sites excluding steroid dienone is 1. The third-order valence-corrected chi connectivity index (χ3v) is 3.25. The monoisotopic (exact) mass is 348 g/mol. The van der Waals surface area contributed by atoms with E-state index in [1.165, 1.54) is 43.5 Å². The molecule has 0 aliphatic carbocycles.